The summed E-state index contributed by atoms with van der Waals surface area (Å²) in [4.78, 5) is 0. The topological polar surface area (TPSA) is 60.4 Å². The molecule has 1 atom stereocenters. The van der Waals surface area contributed by atoms with Crippen molar-refractivity contribution in [3.8, 4) is 0 Å². The first-order valence-electron chi connectivity index (χ1n) is 6.37. The summed E-state index contributed by atoms with van der Waals surface area (Å²) in [7, 11) is 1.62. The van der Waals surface area contributed by atoms with Gasteiger partial charge in [0.2, 0.25) is 0 Å². The van der Waals surface area contributed by atoms with Crippen LogP contribution in [0.1, 0.15) is 37.0 Å². The van der Waals surface area contributed by atoms with Gasteiger partial charge in [-0.25, -0.2) is 0 Å². The molecule has 19 heavy (non-hydrogen) atoms. The Bertz CT molecular complexity index is 516. The third-order valence-electron chi connectivity index (χ3n) is 2.99. The average molecular weight is 264 g/mol. The van der Waals surface area contributed by atoms with Gasteiger partial charge in [0.05, 0.1) is 12.6 Å². The van der Waals surface area contributed by atoms with E-state index < -0.39 is 6.10 Å². The lowest BCUT2D eigenvalue weighted by atomic mass is 10.0. The van der Waals surface area contributed by atoms with E-state index in [1.807, 2.05) is 42.9 Å². The Kier molecular flexibility index (Phi) is 4.39. The largest absolute Gasteiger partial charge is 0.388 e. The molecule has 0 fully saturated rings. The summed E-state index contributed by atoms with van der Waals surface area (Å²) >= 11 is 0. The van der Waals surface area contributed by atoms with Crippen molar-refractivity contribution in [2.24, 2.45) is 5.92 Å². The maximum absolute atomic E-state index is 9.99. The van der Waals surface area contributed by atoms with Crippen LogP contribution in [0, 0.1) is 5.92 Å². The van der Waals surface area contributed by atoms with E-state index in [-0.39, 0.29) is 5.92 Å². The lowest BCUT2D eigenvalue weighted by molar-refractivity contribution is 0.127. The van der Waals surface area contributed by atoms with Crippen LogP contribution in [0.15, 0.2) is 29.0 Å². The molecule has 0 saturated heterocycles. The first-order chi connectivity index (χ1) is 9.10. The molecule has 104 valence electrons. The number of nitrogens with zero attached hydrogens (tertiary/aromatic N) is 2. The van der Waals surface area contributed by atoms with E-state index in [1.54, 1.807) is 7.11 Å². The SMILES string of the molecule is COCc1cc(Cn2ccc(C(O)C(C)C)c2)no1. The molecule has 0 amide bonds. The highest BCUT2D eigenvalue weighted by atomic mass is 16.5. The van der Waals surface area contributed by atoms with Gasteiger partial charge in [0.1, 0.15) is 12.3 Å². The van der Waals surface area contributed by atoms with E-state index in [9.17, 15) is 5.11 Å². The number of ether oxygens (including phenoxy) is 1. The molecule has 0 aromatic carbocycles. The van der Waals surface area contributed by atoms with E-state index >= 15 is 0 Å². The Labute approximate surface area is 112 Å². The molecule has 5 nitrogen and oxygen atoms in total. The molecule has 2 rings (SSSR count). The van der Waals surface area contributed by atoms with Crippen molar-refractivity contribution < 1.29 is 14.4 Å². The van der Waals surface area contributed by atoms with E-state index in [2.05, 4.69) is 5.16 Å². The van der Waals surface area contributed by atoms with Crippen LogP contribution in [0.3, 0.4) is 0 Å². The third kappa shape index (κ3) is 3.45. The lowest BCUT2D eigenvalue weighted by Gasteiger charge is -2.12. The first kappa shape index (κ1) is 13.8. The minimum Gasteiger partial charge on any atom is -0.388 e. The van der Waals surface area contributed by atoms with Crippen LogP contribution in [0.5, 0.6) is 0 Å². The van der Waals surface area contributed by atoms with Gasteiger partial charge in [-0.1, -0.05) is 19.0 Å². The standard InChI is InChI=1S/C14H20N2O3/c1-10(2)14(17)11-4-5-16(7-11)8-12-6-13(9-18-3)19-15-12/h4-7,10,14,17H,8-9H2,1-3H3. The van der Waals surface area contributed by atoms with Crippen LogP contribution in [0.4, 0.5) is 0 Å². The molecule has 0 aliphatic rings. The number of aliphatic hydroxyl groups is 1. The van der Waals surface area contributed by atoms with Crippen LogP contribution in [0.2, 0.25) is 0 Å². The van der Waals surface area contributed by atoms with E-state index in [4.69, 9.17) is 9.26 Å². The Hall–Kier alpha value is -1.59. The third-order valence-corrected chi connectivity index (χ3v) is 2.99. The van der Waals surface area contributed by atoms with Gasteiger partial charge in [-0.3, -0.25) is 0 Å². The van der Waals surface area contributed by atoms with Crippen molar-refractivity contribution >= 4 is 0 Å². The molecule has 0 saturated carbocycles. The van der Waals surface area contributed by atoms with Crippen molar-refractivity contribution in [2.75, 3.05) is 7.11 Å². The zero-order valence-corrected chi connectivity index (χ0v) is 11.5. The molecular weight excluding hydrogens is 244 g/mol. The molecule has 1 N–H and O–H groups in total. The van der Waals surface area contributed by atoms with Gasteiger partial charge in [-0.15, -0.1) is 0 Å². The average Bonchev–Trinajstić information content (AvgIpc) is 2.99. The molecule has 0 spiro atoms. The second-order valence-electron chi connectivity index (χ2n) is 5.02. The summed E-state index contributed by atoms with van der Waals surface area (Å²) in [5, 5.41) is 14.0. The summed E-state index contributed by atoms with van der Waals surface area (Å²) in [6.07, 6.45) is 3.45. The molecule has 2 aromatic rings. The highest BCUT2D eigenvalue weighted by Crippen LogP contribution is 2.21. The quantitative estimate of drug-likeness (QED) is 0.870. The molecule has 2 heterocycles. The Balaban J connectivity index is 2.02. The Morgan fingerprint density at radius 2 is 2.26 bits per heavy atom. The first-order valence-corrected chi connectivity index (χ1v) is 6.37. The maximum atomic E-state index is 9.99. The fourth-order valence-corrected chi connectivity index (χ4v) is 1.95. The highest BCUT2D eigenvalue weighted by Gasteiger charge is 2.13. The molecule has 1 unspecified atom stereocenters. The summed E-state index contributed by atoms with van der Waals surface area (Å²) < 4.78 is 12.1. The maximum Gasteiger partial charge on any atom is 0.162 e. The van der Waals surface area contributed by atoms with E-state index in [0.29, 0.717) is 18.9 Å². The molecule has 0 bridgehead atoms. The van der Waals surface area contributed by atoms with Crippen LogP contribution in [-0.4, -0.2) is 21.9 Å². The lowest BCUT2D eigenvalue weighted by Crippen LogP contribution is -2.04. The van der Waals surface area contributed by atoms with Crippen LogP contribution >= 0.6 is 0 Å². The molecule has 0 aliphatic carbocycles. The number of hydrogen-bond donors (Lipinski definition) is 1. The minimum absolute atomic E-state index is 0.205. The predicted octanol–water partition coefficient (Wildman–Crippen LogP) is 2.36. The molecule has 0 aliphatic heterocycles. The summed E-state index contributed by atoms with van der Waals surface area (Å²) in [6.45, 7) is 5.04. The Morgan fingerprint density at radius 1 is 1.47 bits per heavy atom. The van der Waals surface area contributed by atoms with Crippen molar-refractivity contribution in [3.05, 3.63) is 41.5 Å². The van der Waals surface area contributed by atoms with Crippen LogP contribution < -0.4 is 0 Å². The monoisotopic (exact) mass is 264 g/mol. The van der Waals surface area contributed by atoms with Gasteiger partial charge >= 0.3 is 0 Å². The summed E-state index contributed by atoms with van der Waals surface area (Å²) in [6, 6.07) is 3.81. The predicted molar refractivity (Wildman–Crippen MR) is 70.5 cm³/mol. The van der Waals surface area contributed by atoms with Crippen LogP contribution in [0.25, 0.3) is 0 Å². The fourth-order valence-electron chi connectivity index (χ4n) is 1.95. The van der Waals surface area contributed by atoms with Gasteiger partial charge in [0, 0.05) is 25.6 Å². The van der Waals surface area contributed by atoms with Gasteiger partial charge < -0.3 is 18.9 Å². The summed E-state index contributed by atoms with van der Waals surface area (Å²) in [5.74, 6) is 0.920. The Morgan fingerprint density at radius 3 is 2.95 bits per heavy atom. The van der Waals surface area contributed by atoms with Crippen molar-refractivity contribution in [2.45, 2.75) is 33.1 Å². The molecule has 5 heteroatoms. The number of hydrogen-bond acceptors (Lipinski definition) is 4. The molecular formula is C14H20N2O3. The zero-order chi connectivity index (χ0) is 13.8. The van der Waals surface area contributed by atoms with Crippen LogP contribution in [-0.2, 0) is 17.9 Å². The van der Waals surface area contributed by atoms with Crippen molar-refractivity contribution in [1.82, 2.24) is 9.72 Å². The number of methoxy groups -OCH3 is 1. The number of rotatable bonds is 6. The fraction of sp³-hybridized carbons (Fsp3) is 0.500. The van der Waals surface area contributed by atoms with Crippen molar-refractivity contribution in [1.29, 1.82) is 0 Å². The van der Waals surface area contributed by atoms with E-state index in [1.165, 1.54) is 0 Å². The van der Waals surface area contributed by atoms with Crippen molar-refractivity contribution in [3.63, 3.8) is 0 Å². The number of aliphatic hydroxyl groups excluding tert-OH is 1. The second-order valence-corrected chi connectivity index (χ2v) is 5.02. The van der Waals surface area contributed by atoms with Gasteiger partial charge in [-0.2, -0.15) is 0 Å². The molecule has 0 radical (unpaired) electrons. The minimum atomic E-state index is -0.428. The molecule has 2 aromatic heterocycles. The normalized spacial score (nSPS) is 13.1. The van der Waals surface area contributed by atoms with Gasteiger partial charge in [0.15, 0.2) is 5.76 Å². The second kappa shape index (κ2) is 6.04. The zero-order valence-electron chi connectivity index (χ0n) is 11.5. The number of aromatic nitrogens is 2. The van der Waals surface area contributed by atoms with Gasteiger partial charge in [0.25, 0.3) is 0 Å². The smallest absolute Gasteiger partial charge is 0.162 e. The van der Waals surface area contributed by atoms with E-state index in [0.717, 1.165) is 11.3 Å². The highest BCUT2D eigenvalue weighted by molar-refractivity contribution is 5.15. The summed E-state index contributed by atoms with van der Waals surface area (Å²) in [5.41, 5.74) is 1.77. The van der Waals surface area contributed by atoms with Gasteiger partial charge in [-0.05, 0) is 17.5 Å².